The number of unbranched alkanes of at least 4 members (excludes halogenated alkanes) is 8. The van der Waals surface area contributed by atoms with Crippen molar-refractivity contribution in [2.24, 2.45) is 5.92 Å². The van der Waals surface area contributed by atoms with Crippen LogP contribution < -0.4 is 0 Å². The van der Waals surface area contributed by atoms with Gasteiger partial charge >= 0.3 is 11.9 Å². The molecule has 0 aromatic carbocycles. The maximum absolute atomic E-state index is 11.9. The van der Waals surface area contributed by atoms with Crippen LogP contribution in [0.4, 0.5) is 0 Å². The molecule has 1 unspecified atom stereocenters. The van der Waals surface area contributed by atoms with Crippen molar-refractivity contribution in [2.75, 3.05) is 13.2 Å². The summed E-state index contributed by atoms with van der Waals surface area (Å²) in [4.78, 5) is 23.7. The van der Waals surface area contributed by atoms with Gasteiger partial charge in [0.25, 0.3) is 0 Å². The number of rotatable bonds is 16. The average Bonchev–Trinajstić information content (AvgIpc) is 2.58. The zero-order chi connectivity index (χ0) is 18.0. The van der Waals surface area contributed by atoms with Crippen LogP contribution in [0.25, 0.3) is 0 Å². The molecule has 0 saturated carbocycles. The lowest BCUT2D eigenvalue weighted by Crippen LogP contribution is -2.23. The summed E-state index contributed by atoms with van der Waals surface area (Å²) in [5.41, 5.74) is 0. The lowest BCUT2D eigenvalue weighted by atomic mass is 10.0. The van der Waals surface area contributed by atoms with E-state index in [0.717, 1.165) is 25.7 Å². The molecule has 0 amide bonds. The van der Waals surface area contributed by atoms with E-state index in [1.54, 1.807) is 0 Å². The van der Waals surface area contributed by atoms with Gasteiger partial charge in [-0.25, -0.2) is 0 Å². The Morgan fingerprint density at radius 2 is 1.33 bits per heavy atom. The van der Waals surface area contributed by atoms with Crippen LogP contribution in [0.2, 0.25) is 0 Å². The van der Waals surface area contributed by atoms with Crippen LogP contribution in [0.5, 0.6) is 0 Å². The first kappa shape index (κ1) is 22.9. The summed E-state index contributed by atoms with van der Waals surface area (Å²) in [6, 6.07) is 0. The van der Waals surface area contributed by atoms with Gasteiger partial charge in [-0.3, -0.25) is 9.59 Å². The highest BCUT2D eigenvalue weighted by atomic mass is 16.5. The number of esters is 2. The molecule has 0 aliphatic rings. The smallest absolute Gasteiger partial charge is 0.310 e. The molecule has 0 heterocycles. The highest BCUT2D eigenvalue weighted by Crippen LogP contribution is 2.12. The summed E-state index contributed by atoms with van der Waals surface area (Å²) in [6.07, 6.45) is 12.7. The summed E-state index contributed by atoms with van der Waals surface area (Å²) in [7, 11) is 0. The Labute approximate surface area is 148 Å². The van der Waals surface area contributed by atoms with Gasteiger partial charge in [-0.2, -0.15) is 0 Å². The normalized spacial score (nSPS) is 12.0. The van der Waals surface area contributed by atoms with E-state index in [1.807, 2.05) is 0 Å². The van der Waals surface area contributed by atoms with Crippen molar-refractivity contribution < 1.29 is 19.1 Å². The second-order valence-corrected chi connectivity index (χ2v) is 6.23. The van der Waals surface area contributed by atoms with Gasteiger partial charge in [-0.1, -0.05) is 72.1 Å². The summed E-state index contributed by atoms with van der Waals surface area (Å²) >= 11 is 0. The topological polar surface area (TPSA) is 52.6 Å². The molecule has 0 bridgehead atoms. The van der Waals surface area contributed by atoms with E-state index in [4.69, 9.17) is 9.47 Å². The van der Waals surface area contributed by atoms with Crippen molar-refractivity contribution in [1.82, 2.24) is 0 Å². The second kappa shape index (κ2) is 16.8. The lowest BCUT2D eigenvalue weighted by Gasteiger charge is -2.13. The Hall–Kier alpha value is -1.06. The Kier molecular flexibility index (Phi) is 16.0. The molecule has 4 nitrogen and oxygen atoms in total. The number of hydrogen-bond acceptors (Lipinski definition) is 4. The van der Waals surface area contributed by atoms with Crippen molar-refractivity contribution in [3.05, 3.63) is 13.3 Å². The molecular weight excluding hydrogens is 304 g/mol. The van der Waals surface area contributed by atoms with Crippen molar-refractivity contribution in [2.45, 2.75) is 84.5 Å². The minimum atomic E-state index is -0.603. The molecule has 0 spiro atoms. The lowest BCUT2D eigenvalue weighted by molar-refractivity contribution is -0.151. The fourth-order valence-electron chi connectivity index (χ4n) is 2.35. The summed E-state index contributed by atoms with van der Waals surface area (Å²) in [5, 5.41) is 0. The number of hydrogen-bond donors (Lipinski definition) is 0. The molecule has 0 rings (SSSR count). The van der Waals surface area contributed by atoms with E-state index in [-0.39, 0.29) is 5.97 Å². The maximum Gasteiger partial charge on any atom is 0.310 e. The van der Waals surface area contributed by atoms with Gasteiger partial charge in [0.2, 0.25) is 0 Å². The van der Waals surface area contributed by atoms with Crippen molar-refractivity contribution >= 4 is 11.9 Å². The van der Waals surface area contributed by atoms with Gasteiger partial charge in [-0.15, -0.1) is 0 Å². The molecule has 1 atom stereocenters. The van der Waals surface area contributed by atoms with Gasteiger partial charge in [0, 0.05) is 0 Å². The number of ether oxygens (including phenoxy) is 2. The van der Waals surface area contributed by atoms with Crippen LogP contribution in [0.3, 0.4) is 0 Å². The minimum Gasteiger partial charge on any atom is -0.465 e. The van der Waals surface area contributed by atoms with Gasteiger partial charge in [0.15, 0.2) is 0 Å². The molecule has 4 heteroatoms. The standard InChI is InChI=1S/C20H36O4/c1-4-7-9-11-13-15-23-19(21)17-18(6-3)20(22)24-16-14-12-10-8-5-2/h17-18H,3-16H2,1-2H3. The van der Waals surface area contributed by atoms with Crippen molar-refractivity contribution in [1.29, 1.82) is 0 Å². The predicted molar refractivity (Wildman–Crippen MR) is 97.2 cm³/mol. The SMILES string of the molecule is [CH2]CC([CH]C(=O)OCCCCCCC)C(=O)OCCCCCCC. The Morgan fingerprint density at radius 1 is 0.833 bits per heavy atom. The highest BCUT2D eigenvalue weighted by Gasteiger charge is 2.22. The Morgan fingerprint density at radius 3 is 1.83 bits per heavy atom. The molecule has 0 saturated heterocycles. The molecule has 140 valence electrons. The van der Waals surface area contributed by atoms with E-state index in [9.17, 15) is 9.59 Å². The Bertz CT molecular complexity index is 315. The van der Waals surface area contributed by atoms with Crippen LogP contribution in [-0.2, 0) is 19.1 Å². The fourth-order valence-corrected chi connectivity index (χ4v) is 2.35. The van der Waals surface area contributed by atoms with Crippen LogP contribution >= 0.6 is 0 Å². The third-order valence-corrected chi connectivity index (χ3v) is 3.94. The average molecular weight is 341 g/mol. The number of carbonyl (C=O) groups excluding carboxylic acids is 2. The molecule has 0 fully saturated rings. The van der Waals surface area contributed by atoms with Crippen LogP contribution in [0.1, 0.15) is 84.5 Å². The van der Waals surface area contributed by atoms with E-state index >= 15 is 0 Å². The molecule has 0 aromatic rings. The fraction of sp³-hybridized carbons (Fsp3) is 0.800. The minimum absolute atomic E-state index is 0.306. The third-order valence-electron chi connectivity index (χ3n) is 3.94. The zero-order valence-electron chi connectivity index (χ0n) is 15.7. The van der Waals surface area contributed by atoms with E-state index in [0.29, 0.717) is 19.6 Å². The maximum atomic E-state index is 11.9. The highest BCUT2D eigenvalue weighted by molar-refractivity contribution is 5.87. The zero-order valence-corrected chi connectivity index (χ0v) is 15.7. The van der Waals surface area contributed by atoms with E-state index in [2.05, 4.69) is 20.8 Å². The van der Waals surface area contributed by atoms with E-state index in [1.165, 1.54) is 44.9 Å². The summed E-state index contributed by atoms with van der Waals surface area (Å²) in [5.74, 6) is -1.42. The molecule has 0 aliphatic carbocycles. The third kappa shape index (κ3) is 13.4. The molecule has 24 heavy (non-hydrogen) atoms. The Balaban J connectivity index is 3.77. The molecule has 0 N–H and O–H groups in total. The van der Waals surface area contributed by atoms with Crippen LogP contribution in [-0.4, -0.2) is 25.2 Å². The summed E-state index contributed by atoms with van der Waals surface area (Å²) < 4.78 is 10.4. The first-order valence-electron chi connectivity index (χ1n) is 9.63. The van der Waals surface area contributed by atoms with Gasteiger partial charge in [0.1, 0.15) is 0 Å². The monoisotopic (exact) mass is 340 g/mol. The largest absolute Gasteiger partial charge is 0.465 e. The van der Waals surface area contributed by atoms with E-state index < -0.39 is 11.9 Å². The second-order valence-electron chi connectivity index (χ2n) is 6.23. The van der Waals surface area contributed by atoms with Crippen LogP contribution in [0.15, 0.2) is 0 Å². The van der Waals surface area contributed by atoms with Crippen molar-refractivity contribution in [3.8, 4) is 0 Å². The molecule has 2 radical (unpaired) electrons. The number of carbonyl (C=O) groups is 2. The van der Waals surface area contributed by atoms with Gasteiger partial charge in [-0.05, 0) is 19.3 Å². The van der Waals surface area contributed by atoms with Crippen LogP contribution in [0, 0.1) is 19.3 Å². The summed E-state index contributed by atoms with van der Waals surface area (Å²) in [6.45, 7) is 8.88. The van der Waals surface area contributed by atoms with Gasteiger partial charge < -0.3 is 9.47 Å². The molecule has 0 aromatic heterocycles. The first-order chi connectivity index (χ1) is 11.7. The predicted octanol–water partition coefficient (Wildman–Crippen LogP) is 5.06. The first-order valence-corrected chi connectivity index (χ1v) is 9.63. The molecule has 0 aliphatic heterocycles. The molecular formula is C20H36O4. The quantitative estimate of drug-likeness (QED) is 0.291. The van der Waals surface area contributed by atoms with Crippen molar-refractivity contribution in [3.63, 3.8) is 0 Å². The van der Waals surface area contributed by atoms with Gasteiger partial charge in [0.05, 0.1) is 25.6 Å².